The number of urea groups is 1. The van der Waals surface area contributed by atoms with E-state index in [2.05, 4.69) is 21.0 Å². The molecule has 10 heteroatoms. The number of carbonyl (C=O) groups excluding carboxylic acids is 1. The topological polar surface area (TPSA) is 119 Å². The van der Waals surface area contributed by atoms with Gasteiger partial charge in [0.15, 0.2) is 5.65 Å². The van der Waals surface area contributed by atoms with Gasteiger partial charge in [0, 0.05) is 46.2 Å². The Kier molecular flexibility index (Phi) is 6.89. The maximum atomic E-state index is 12.5. The molecule has 2 aromatic heterocycles. The molecule has 2 amide bonds. The van der Waals surface area contributed by atoms with Crippen LogP contribution in [0.1, 0.15) is 11.1 Å². The normalized spacial score (nSPS) is 10.8. The van der Waals surface area contributed by atoms with Crippen LogP contribution >= 0.6 is 11.6 Å². The van der Waals surface area contributed by atoms with E-state index in [1.165, 1.54) is 0 Å². The van der Waals surface area contributed by atoms with E-state index in [4.69, 9.17) is 27.3 Å². The number of aryl methyl sites for hydroxylation is 1. The number of fused-ring (bicyclic) bond motifs is 1. The zero-order valence-corrected chi connectivity index (χ0v) is 20.7. The van der Waals surface area contributed by atoms with E-state index in [0.717, 1.165) is 33.8 Å². The van der Waals surface area contributed by atoms with Gasteiger partial charge in [-0.25, -0.2) is 9.78 Å². The van der Waals surface area contributed by atoms with Crippen molar-refractivity contribution in [3.05, 3.63) is 101 Å². The molecule has 0 spiro atoms. The van der Waals surface area contributed by atoms with Crippen LogP contribution in [0, 0.1) is 6.92 Å². The summed E-state index contributed by atoms with van der Waals surface area (Å²) in [7, 11) is 0. The fourth-order valence-corrected chi connectivity index (χ4v) is 4.13. The molecule has 0 fully saturated rings. The lowest BCUT2D eigenvalue weighted by Crippen LogP contribution is -2.19. The summed E-state index contributed by atoms with van der Waals surface area (Å²) < 4.78 is 1.77. The summed E-state index contributed by atoms with van der Waals surface area (Å²) in [5.74, 6) is 6.40. The molecule has 186 valence electrons. The number of amides is 2. The van der Waals surface area contributed by atoms with Gasteiger partial charge in [0.2, 0.25) is 0 Å². The lowest BCUT2D eigenvalue weighted by Gasteiger charge is -2.13. The molecule has 37 heavy (non-hydrogen) atoms. The minimum atomic E-state index is -0.383. The van der Waals surface area contributed by atoms with E-state index in [0.29, 0.717) is 28.7 Å². The second kappa shape index (κ2) is 10.6. The zero-order chi connectivity index (χ0) is 25.8. The van der Waals surface area contributed by atoms with Crippen LogP contribution in [-0.2, 0) is 6.54 Å². The number of benzene rings is 3. The van der Waals surface area contributed by atoms with Crippen LogP contribution in [0.2, 0.25) is 5.02 Å². The molecule has 3 aromatic carbocycles. The van der Waals surface area contributed by atoms with Gasteiger partial charge in [0.1, 0.15) is 11.6 Å². The second-order valence-corrected chi connectivity index (χ2v) is 8.76. The average molecular weight is 514 g/mol. The van der Waals surface area contributed by atoms with Crippen molar-refractivity contribution in [2.75, 3.05) is 16.0 Å². The number of aromatic nitrogens is 3. The van der Waals surface area contributed by atoms with E-state index in [9.17, 15) is 4.79 Å². The summed E-state index contributed by atoms with van der Waals surface area (Å²) in [5.41, 5.74) is 5.47. The van der Waals surface area contributed by atoms with Crippen LogP contribution < -0.4 is 26.7 Å². The number of hydrogen-bond acceptors (Lipinski definition) is 6. The number of nitrogens with zero attached hydrogens (tertiary/aromatic N) is 3. The molecule has 2 heterocycles. The fourth-order valence-electron chi connectivity index (χ4n) is 3.90. The molecule has 5 N–H and O–H groups in total. The SMILES string of the molecule is Cc1cnn2c(NCc3cccc(NC(=O)Nc4cccc(ON)c4)c3)cc(-c3ccccc3Cl)nc12. The first-order valence-corrected chi connectivity index (χ1v) is 11.9. The lowest BCUT2D eigenvalue weighted by atomic mass is 10.1. The van der Waals surface area contributed by atoms with Crippen molar-refractivity contribution in [2.45, 2.75) is 13.5 Å². The van der Waals surface area contributed by atoms with E-state index in [1.807, 2.05) is 61.5 Å². The highest BCUT2D eigenvalue weighted by atomic mass is 35.5. The maximum Gasteiger partial charge on any atom is 0.323 e. The van der Waals surface area contributed by atoms with Crippen molar-refractivity contribution >= 4 is 40.5 Å². The minimum Gasteiger partial charge on any atom is -0.411 e. The van der Waals surface area contributed by atoms with E-state index >= 15 is 0 Å². The zero-order valence-electron chi connectivity index (χ0n) is 19.9. The van der Waals surface area contributed by atoms with Gasteiger partial charge in [-0.2, -0.15) is 15.5 Å². The van der Waals surface area contributed by atoms with Crippen molar-refractivity contribution in [3.8, 4) is 17.0 Å². The largest absolute Gasteiger partial charge is 0.411 e. The molecular weight excluding hydrogens is 490 g/mol. The molecule has 0 bridgehead atoms. The Morgan fingerprint density at radius 1 is 1.00 bits per heavy atom. The first-order valence-electron chi connectivity index (χ1n) is 11.5. The maximum absolute atomic E-state index is 12.5. The number of anilines is 3. The lowest BCUT2D eigenvalue weighted by molar-refractivity contribution is 0.262. The molecule has 0 aliphatic heterocycles. The van der Waals surface area contributed by atoms with Crippen molar-refractivity contribution in [1.29, 1.82) is 0 Å². The third-order valence-electron chi connectivity index (χ3n) is 5.68. The van der Waals surface area contributed by atoms with E-state index in [1.54, 1.807) is 35.0 Å². The fraction of sp³-hybridized carbons (Fsp3) is 0.0741. The Labute approximate surface area is 218 Å². The molecule has 5 aromatic rings. The average Bonchev–Trinajstić information content (AvgIpc) is 3.28. The summed E-state index contributed by atoms with van der Waals surface area (Å²) >= 11 is 6.44. The highest BCUT2D eigenvalue weighted by Gasteiger charge is 2.13. The van der Waals surface area contributed by atoms with Crippen LogP contribution in [0.25, 0.3) is 16.9 Å². The second-order valence-electron chi connectivity index (χ2n) is 8.35. The molecule has 0 aliphatic rings. The van der Waals surface area contributed by atoms with Gasteiger partial charge in [0.25, 0.3) is 0 Å². The number of carbonyl (C=O) groups is 1. The Balaban J connectivity index is 1.32. The van der Waals surface area contributed by atoms with Gasteiger partial charge in [0.05, 0.1) is 11.9 Å². The Hall–Kier alpha value is -4.60. The molecule has 0 radical (unpaired) electrons. The van der Waals surface area contributed by atoms with Crippen LogP contribution in [0.4, 0.5) is 22.0 Å². The third kappa shape index (κ3) is 5.48. The molecule has 9 nitrogen and oxygen atoms in total. The standard InChI is InChI=1S/C27H24ClN7O2/c1-17-15-31-35-25(14-24(34-26(17)35)22-10-2-3-11-23(22)28)30-16-18-6-4-7-19(12-18)32-27(36)33-20-8-5-9-21(13-20)37-29/h2-15,30H,16,29H2,1H3,(H2,32,33,36). The summed E-state index contributed by atoms with van der Waals surface area (Å²) in [6, 6.07) is 23.5. The van der Waals surface area contributed by atoms with Gasteiger partial charge < -0.3 is 20.8 Å². The molecule has 0 saturated carbocycles. The van der Waals surface area contributed by atoms with Gasteiger partial charge in [-0.15, -0.1) is 0 Å². The Morgan fingerprint density at radius 2 is 1.76 bits per heavy atom. The molecule has 0 aliphatic carbocycles. The molecule has 0 atom stereocenters. The number of nitrogens with one attached hydrogen (secondary N) is 3. The van der Waals surface area contributed by atoms with Crippen molar-refractivity contribution in [3.63, 3.8) is 0 Å². The Bertz CT molecular complexity index is 1580. The molecule has 0 saturated heterocycles. The van der Waals surface area contributed by atoms with Gasteiger partial charge >= 0.3 is 6.03 Å². The van der Waals surface area contributed by atoms with Gasteiger partial charge in [-0.3, -0.25) is 0 Å². The summed E-state index contributed by atoms with van der Waals surface area (Å²) in [6.07, 6.45) is 1.78. The number of nitrogens with two attached hydrogens (primary N) is 1. The predicted molar refractivity (Wildman–Crippen MR) is 146 cm³/mol. The summed E-state index contributed by atoms with van der Waals surface area (Å²) in [5, 5.41) is 14.1. The molecular formula is C27H24ClN7O2. The van der Waals surface area contributed by atoms with Gasteiger partial charge in [-0.1, -0.05) is 48.0 Å². The van der Waals surface area contributed by atoms with Crippen LogP contribution in [0.5, 0.6) is 5.75 Å². The quantitative estimate of drug-likeness (QED) is 0.202. The minimum absolute atomic E-state index is 0.383. The van der Waals surface area contributed by atoms with Crippen LogP contribution in [-0.4, -0.2) is 20.6 Å². The van der Waals surface area contributed by atoms with Crippen LogP contribution in [0.15, 0.2) is 85.1 Å². The van der Waals surface area contributed by atoms with Crippen molar-refractivity contribution in [2.24, 2.45) is 5.90 Å². The third-order valence-corrected chi connectivity index (χ3v) is 6.01. The van der Waals surface area contributed by atoms with E-state index in [-0.39, 0.29) is 6.03 Å². The van der Waals surface area contributed by atoms with Crippen LogP contribution in [0.3, 0.4) is 0 Å². The van der Waals surface area contributed by atoms with Gasteiger partial charge in [-0.05, 0) is 42.8 Å². The molecule has 5 rings (SSSR count). The smallest absolute Gasteiger partial charge is 0.323 e. The Morgan fingerprint density at radius 3 is 2.54 bits per heavy atom. The summed E-state index contributed by atoms with van der Waals surface area (Å²) in [4.78, 5) is 22.0. The first-order chi connectivity index (χ1) is 18.0. The number of hydrogen-bond donors (Lipinski definition) is 4. The highest BCUT2D eigenvalue weighted by Crippen LogP contribution is 2.29. The number of rotatable bonds is 7. The first kappa shape index (κ1) is 24.1. The highest BCUT2D eigenvalue weighted by molar-refractivity contribution is 6.33. The predicted octanol–water partition coefficient (Wildman–Crippen LogP) is 5.87. The van der Waals surface area contributed by atoms with Crippen molar-refractivity contribution < 1.29 is 9.63 Å². The monoisotopic (exact) mass is 513 g/mol. The number of halogens is 1. The summed E-state index contributed by atoms with van der Waals surface area (Å²) in [6.45, 7) is 2.46. The molecule has 0 unspecified atom stereocenters. The van der Waals surface area contributed by atoms with E-state index < -0.39 is 0 Å². The van der Waals surface area contributed by atoms with Crippen molar-refractivity contribution in [1.82, 2.24) is 14.6 Å².